The summed E-state index contributed by atoms with van der Waals surface area (Å²) in [6.45, 7) is 8.65. The fourth-order valence-electron chi connectivity index (χ4n) is 4.79. The van der Waals surface area contributed by atoms with Crippen molar-refractivity contribution in [3.63, 3.8) is 0 Å². The van der Waals surface area contributed by atoms with Gasteiger partial charge in [-0.25, -0.2) is 0 Å². The van der Waals surface area contributed by atoms with E-state index in [1.54, 1.807) is 0 Å². The van der Waals surface area contributed by atoms with Gasteiger partial charge in [0.05, 0.1) is 19.0 Å². The van der Waals surface area contributed by atoms with Crippen LogP contribution < -0.4 is 5.32 Å². The Labute approximate surface area is 194 Å². The zero-order valence-electron chi connectivity index (χ0n) is 18.7. The molecule has 1 saturated carbocycles. The molecule has 8 heteroatoms. The van der Waals surface area contributed by atoms with E-state index in [-0.39, 0.29) is 11.4 Å². The van der Waals surface area contributed by atoms with E-state index in [0.29, 0.717) is 18.8 Å². The molecule has 1 aromatic carbocycles. The fourth-order valence-corrected chi connectivity index (χ4v) is 5.56. The van der Waals surface area contributed by atoms with E-state index in [9.17, 15) is 4.79 Å². The number of carbonyl (C=O) groups is 1. The van der Waals surface area contributed by atoms with Crippen molar-refractivity contribution in [2.24, 2.45) is 0 Å². The first-order valence-electron chi connectivity index (χ1n) is 11.5. The third-order valence-electron chi connectivity index (χ3n) is 6.47. The van der Waals surface area contributed by atoms with Crippen molar-refractivity contribution in [1.29, 1.82) is 0 Å². The first-order valence-corrected chi connectivity index (χ1v) is 12.5. The summed E-state index contributed by atoms with van der Waals surface area (Å²) in [6.07, 6.45) is 7.88. The molecule has 2 aliphatic rings. The molecule has 0 unspecified atom stereocenters. The fraction of sp³-hybridized carbons (Fsp3) is 0.542. The van der Waals surface area contributed by atoms with Crippen LogP contribution in [0.2, 0.25) is 0 Å². The van der Waals surface area contributed by atoms with E-state index >= 15 is 0 Å². The van der Waals surface area contributed by atoms with Crippen LogP contribution in [0, 0.1) is 0 Å². The second-order valence-corrected chi connectivity index (χ2v) is 9.46. The molecule has 2 aromatic rings. The predicted molar refractivity (Wildman–Crippen MR) is 128 cm³/mol. The zero-order chi connectivity index (χ0) is 22.2. The van der Waals surface area contributed by atoms with Gasteiger partial charge in [0.25, 0.3) is 0 Å². The number of carbonyl (C=O) groups excluding carboxylic acids is 1. The number of amides is 1. The van der Waals surface area contributed by atoms with Gasteiger partial charge in [0.2, 0.25) is 5.91 Å². The van der Waals surface area contributed by atoms with E-state index in [1.165, 1.54) is 31.0 Å². The van der Waals surface area contributed by atoms with Gasteiger partial charge < -0.3 is 10.1 Å². The zero-order valence-corrected chi connectivity index (χ0v) is 19.5. The highest BCUT2D eigenvalue weighted by molar-refractivity contribution is 7.99. The van der Waals surface area contributed by atoms with Crippen LogP contribution in [0.1, 0.15) is 32.1 Å². The smallest absolute Gasteiger partial charge is 0.230 e. The molecule has 172 valence electrons. The molecule has 0 spiro atoms. The number of hydrogen-bond acceptors (Lipinski definition) is 6. The highest BCUT2D eigenvalue weighted by Gasteiger charge is 2.38. The van der Waals surface area contributed by atoms with E-state index in [1.807, 2.05) is 41.0 Å². The van der Waals surface area contributed by atoms with Crippen molar-refractivity contribution in [1.82, 2.24) is 25.0 Å². The molecular weight excluding hydrogens is 422 g/mol. The number of ether oxygens (including phenoxy) is 1. The molecule has 0 radical (unpaired) electrons. The normalized spacial score (nSPS) is 18.9. The van der Waals surface area contributed by atoms with Crippen LogP contribution >= 0.6 is 11.8 Å². The number of nitrogens with zero attached hydrogens (tertiary/aromatic N) is 4. The molecule has 1 aliphatic heterocycles. The highest BCUT2D eigenvalue weighted by Crippen LogP contribution is 2.34. The molecule has 2 fully saturated rings. The van der Waals surface area contributed by atoms with E-state index in [2.05, 4.69) is 27.0 Å². The van der Waals surface area contributed by atoms with E-state index in [4.69, 9.17) is 4.74 Å². The Bertz CT molecular complexity index is 889. The SMILES string of the molecule is C=CCn1c(SCC(=O)NCC2(N3CCOCC3)CCCCC2)nnc1-c1ccccc1. The molecule has 1 amide bonds. The van der Waals surface area contributed by atoms with Gasteiger partial charge in [-0.2, -0.15) is 0 Å². The maximum atomic E-state index is 12.8. The number of morpholine rings is 1. The second kappa shape index (κ2) is 11.1. The van der Waals surface area contributed by atoms with Crippen LogP contribution in [-0.4, -0.2) is 69.7 Å². The summed E-state index contributed by atoms with van der Waals surface area (Å²) in [5, 5.41) is 12.7. The lowest BCUT2D eigenvalue weighted by Gasteiger charge is -2.48. The quantitative estimate of drug-likeness (QED) is 0.462. The molecule has 32 heavy (non-hydrogen) atoms. The number of nitrogens with one attached hydrogen (secondary N) is 1. The third kappa shape index (κ3) is 5.42. The van der Waals surface area contributed by atoms with Gasteiger partial charge in [0.1, 0.15) is 0 Å². The first-order chi connectivity index (χ1) is 15.7. The molecule has 0 bridgehead atoms. The van der Waals surface area contributed by atoms with Crippen LogP contribution in [0.25, 0.3) is 11.4 Å². The average molecular weight is 456 g/mol. The number of benzene rings is 1. The van der Waals surface area contributed by atoms with Crippen LogP contribution in [0.5, 0.6) is 0 Å². The van der Waals surface area contributed by atoms with Crippen LogP contribution in [0.15, 0.2) is 48.1 Å². The molecule has 7 nitrogen and oxygen atoms in total. The monoisotopic (exact) mass is 455 g/mol. The van der Waals surface area contributed by atoms with Crippen molar-refractivity contribution in [3.8, 4) is 11.4 Å². The predicted octanol–water partition coefficient (Wildman–Crippen LogP) is 3.37. The Morgan fingerprint density at radius 3 is 2.62 bits per heavy atom. The summed E-state index contributed by atoms with van der Waals surface area (Å²) >= 11 is 1.43. The minimum Gasteiger partial charge on any atom is -0.379 e. The van der Waals surface area contributed by atoms with Gasteiger partial charge in [0, 0.05) is 37.3 Å². The summed E-state index contributed by atoms with van der Waals surface area (Å²) < 4.78 is 7.57. The largest absolute Gasteiger partial charge is 0.379 e. The Kier molecular flexibility index (Phi) is 8.00. The number of aromatic nitrogens is 3. The van der Waals surface area contributed by atoms with Crippen LogP contribution in [0.3, 0.4) is 0 Å². The molecule has 4 rings (SSSR count). The lowest BCUT2D eigenvalue weighted by Crippen LogP contribution is -2.59. The second-order valence-electron chi connectivity index (χ2n) is 8.52. The molecule has 1 aromatic heterocycles. The van der Waals surface area contributed by atoms with Crippen molar-refractivity contribution in [2.75, 3.05) is 38.6 Å². The summed E-state index contributed by atoms with van der Waals surface area (Å²) in [4.78, 5) is 15.3. The van der Waals surface area contributed by atoms with Gasteiger partial charge in [0.15, 0.2) is 11.0 Å². The van der Waals surface area contributed by atoms with Gasteiger partial charge in [-0.05, 0) is 12.8 Å². The van der Waals surface area contributed by atoms with E-state index in [0.717, 1.165) is 55.7 Å². The summed E-state index contributed by atoms with van der Waals surface area (Å²) in [6, 6.07) is 9.98. The standard InChI is InChI=1S/C24H33N5O2S/c1-2-13-29-22(20-9-5-3-6-10-20)26-27-23(29)32-18-21(30)25-19-24(11-7-4-8-12-24)28-14-16-31-17-15-28/h2-3,5-6,9-10H,1,4,7-8,11-19H2,(H,25,30). The topological polar surface area (TPSA) is 72.3 Å². The van der Waals surface area contributed by atoms with Gasteiger partial charge >= 0.3 is 0 Å². The lowest BCUT2D eigenvalue weighted by molar-refractivity contribution is -0.119. The number of rotatable bonds is 9. The van der Waals surface area contributed by atoms with Crippen LogP contribution in [0.4, 0.5) is 0 Å². The van der Waals surface area contributed by atoms with E-state index < -0.39 is 0 Å². The van der Waals surface area contributed by atoms with Gasteiger partial charge in [-0.15, -0.1) is 16.8 Å². The van der Waals surface area contributed by atoms with Gasteiger partial charge in [-0.1, -0.05) is 67.4 Å². The van der Waals surface area contributed by atoms with Gasteiger partial charge in [-0.3, -0.25) is 14.3 Å². The molecule has 0 atom stereocenters. The van der Waals surface area contributed by atoms with Crippen LogP contribution in [-0.2, 0) is 16.1 Å². The average Bonchev–Trinajstić information content (AvgIpc) is 3.26. The summed E-state index contributed by atoms with van der Waals surface area (Å²) in [5.41, 5.74) is 1.08. The van der Waals surface area contributed by atoms with Crippen molar-refractivity contribution in [2.45, 2.75) is 49.3 Å². The lowest BCUT2D eigenvalue weighted by atomic mass is 9.79. The van der Waals surface area contributed by atoms with Crippen molar-refractivity contribution >= 4 is 17.7 Å². The van der Waals surface area contributed by atoms with Crippen molar-refractivity contribution < 1.29 is 9.53 Å². The Morgan fingerprint density at radius 2 is 1.91 bits per heavy atom. The highest BCUT2D eigenvalue weighted by atomic mass is 32.2. The van der Waals surface area contributed by atoms with Crippen molar-refractivity contribution in [3.05, 3.63) is 43.0 Å². The summed E-state index contributed by atoms with van der Waals surface area (Å²) in [7, 11) is 0. The third-order valence-corrected chi connectivity index (χ3v) is 7.44. The molecular formula is C24H33N5O2S. The number of allylic oxidation sites excluding steroid dienone is 1. The number of thioether (sulfide) groups is 1. The molecule has 1 aliphatic carbocycles. The molecule has 1 N–H and O–H groups in total. The molecule has 2 heterocycles. The Hall–Kier alpha value is -2.16. The summed E-state index contributed by atoms with van der Waals surface area (Å²) in [5.74, 6) is 1.16. The first kappa shape index (κ1) is 23.0. The maximum absolute atomic E-state index is 12.8. The molecule has 1 saturated heterocycles. The minimum absolute atomic E-state index is 0.0441. The Morgan fingerprint density at radius 1 is 1.16 bits per heavy atom. The minimum atomic E-state index is 0.0441. The number of hydrogen-bond donors (Lipinski definition) is 1. The maximum Gasteiger partial charge on any atom is 0.230 e. The Balaban J connectivity index is 1.37.